The van der Waals surface area contributed by atoms with Gasteiger partial charge in [0.05, 0.1) is 0 Å². The second-order valence-electron chi connectivity index (χ2n) is 2.17. The Hall–Kier alpha value is -1.04. The Balaban J connectivity index is 0. The smallest absolute Gasteiger partial charge is 0.0172 e. The number of hydrogen-bond donors (Lipinski definition) is 0. The van der Waals surface area contributed by atoms with Crippen LogP contribution in [0.15, 0.2) is 49.6 Å². The van der Waals surface area contributed by atoms with Crippen LogP contribution in [0.2, 0.25) is 0 Å². The first-order chi connectivity index (χ1) is 5.83. The Morgan fingerprint density at radius 1 is 1.17 bits per heavy atom. The summed E-state index contributed by atoms with van der Waals surface area (Å²) in [6.45, 7) is 11.2. The molecule has 0 aliphatic heterocycles. The summed E-state index contributed by atoms with van der Waals surface area (Å²) in [6.07, 6.45) is 13.8. The van der Waals surface area contributed by atoms with Crippen LogP contribution in [-0.4, -0.2) is 0 Å². The van der Waals surface area contributed by atoms with Gasteiger partial charge in [0.1, 0.15) is 0 Å². The van der Waals surface area contributed by atoms with Gasteiger partial charge in [-0.15, -0.1) is 6.58 Å². The van der Waals surface area contributed by atoms with Crippen LogP contribution in [0.4, 0.5) is 0 Å². The van der Waals surface area contributed by atoms with E-state index in [2.05, 4.69) is 32.2 Å². The molecule has 0 saturated heterocycles. The molecule has 0 aliphatic carbocycles. The normalized spacial score (nSPS) is 9.50. The van der Waals surface area contributed by atoms with Gasteiger partial charge in [0.2, 0.25) is 0 Å². The summed E-state index contributed by atoms with van der Waals surface area (Å²) in [4.78, 5) is 0. The molecule has 0 atom stereocenters. The fourth-order valence-corrected chi connectivity index (χ4v) is 0.465. The molecule has 0 nitrogen and oxygen atoms in total. The molecule has 0 bridgehead atoms. The highest BCUT2D eigenvalue weighted by atomic mass is 13.6. The Kier molecular flexibility index (Phi) is 18.6. The topological polar surface area (TPSA) is 0 Å². The van der Waals surface area contributed by atoms with Crippen molar-refractivity contribution in [1.29, 1.82) is 0 Å². The molecule has 12 heavy (non-hydrogen) atoms. The molecule has 0 heteroatoms. The minimum atomic E-state index is 0.997. The molecule has 0 saturated carbocycles. The third-order valence-corrected chi connectivity index (χ3v) is 1.05. The van der Waals surface area contributed by atoms with E-state index in [0.29, 0.717) is 0 Å². The third-order valence-electron chi connectivity index (χ3n) is 1.05. The molecule has 68 valence electrons. The lowest BCUT2D eigenvalue weighted by atomic mass is 10.4. The van der Waals surface area contributed by atoms with E-state index < -0.39 is 0 Å². The predicted octanol–water partition coefficient (Wildman–Crippen LogP) is 4.28. The molecule has 0 radical (unpaired) electrons. The van der Waals surface area contributed by atoms with Crippen molar-refractivity contribution < 1.29 is 0 Å². The van der Waals surface area contributed by atoms with Gasteiger partial charge < -0.3 is 0 Å². The molecule has 0 fully saturated rings. The van der Waals surface area contributed by atoms with Crippen LogP contribution < -0.4 is 0 Å². The van der Waals surface area contributed by atoms with Gasteiger partial charge in [-0.05, 0) is 19.8 Å². The summed E-state index contributed by atoms with van der Waals surface area (Å²) < 4.78 is 0. The molecule has 0 unspecified atom stereocenters. The molecule has 0 aromatic carbocycles. The largest absolute Gasteiger partial charge is 0.103 e. The zero-order valence-corrected chi connectivity index (χ0v) is 8.29. The van der Waals surface area contributed by atoms with Gasteiger partial charge in [-0.2, -0.15) is 0 Å². The minimum absolute atomic E-state index is 0.997. The Morgan fingerprint density at radius 3 is 2.00 bits per heavy atom. The van der Waals surface area contributed by atoms with E-state index in [-0.39, 0.29) is 0 Å². The lowest BCUT2D eigenvalue weighted by molar-refractivity contribution is 1.22. The minimum Gasteiger partial charge on any atom is -0.103 e. The average Bonchev–Trinajstić information content (AvgIpc) is 2.12. The summed E-state index contributed by atoms with van der Waals surface area (Å²) in [7, 11) is 0. The van der Waals surface area contributed by atoms with E-state index in [1.54, 1.807) is 6.08 Å². The standard InChI is InChI=1S/2C6H10/c2*1-3-5-6-4-2/h3,5-6H,1,4H2,2H3;3-4,6H,1,5H2,2H3. The van der Waals surface area contributed by atoms with E-state index in [9.17, 15) is 0 Å². The Bertz CT molecular complexity index is 138. The van der Waals surface area contributed by atoms with Crippen LogP contribution in [0.25, 0.3) is 0 Å². The predicted molar refractivity (Wildman–Crippen MR) is 59.3 cm³/mol. The molecule has 0 heterocycles. The van der Waals surface area contributed by atoms with Crippen LogP contribution in [-0.2, 0) is 0 Å². The van der Waals surface area contributed by atoms with E-state index in [1.165, 1.54) is 0 Å². The maximum absolute atomic E-state index is 3.55. The fraction of sp³-hybridized carbons (Fsp3) is 0.333. The molecule has 0 rings (SSSR count). The van der Waals surface area contributed by atoms with Gasteiger partial charge in [-0.1, -0.05) is 50.0 Å². The summed E-state index contributed by atoms with van der Waals surface area (Å²) in [6, 6.07) is 0. The molecule has 0 aromatic rings. The van der Waals surface area contributed by atoms with Crippen LogP contribution in [0, 0.1) is 0 Å². The van der Waals surface area contributed by atoms with Gasteiger partial charge in [-0.3, -0.25) is 0 Å². The maximum Gasteiger partial charge on any atom is -0.0172 e. The van der Waals surface area contributed by atoms with E-state index in [4.69, 9.17) is 0 Å². The zero-order valence-electron chi connectivity index (χ0n) is 8.29. The SMILES string of the molecule is C=CC=CCC.C=CCC=CC. The lowest BCUT2D eigenvalue weighted by Gasteiger charge is -1.69. The number of rotatable bonds is 4. The van der Waals surface area contributed by atoms with E-state index >= 15 is 0 Å². The van der Waals surface area contributed by atoms with Crippen LogP contribution in [0.3, 0.4) is 0 Å². The quantitative estimate of drug-likeness (QED) is 0.430. The number of hydrogen-bond acceptors (Lipinski definition) is 0. The molecule has 0 aromatic heterocycles. The van der Waals surface area contributed by atoms with Crippen molar-refractivity contribution in [2.75, 3.05) is 0 Å². The summed E-state index contributed by atoms with van der Waals surface area (Å²) in [5, 5.41) is 0. The third kappa shape index (κ3) is 23.1. The average molecular weight is 164 g/mol. The van der Waals surface area contributed by atoms with Crippen LogP contribution in [0.5, 0.6) is 0 Å². The first kappa shape index (κ1) is 13.5. The highest BCUT2D eigenvalue weighted by Gasteiger charge is 1.57. The van der Waals surface area contributed by atoms with Crippen molar-refractivity contribution >= 4 is 0 Å². The molecule has 0 spiro atoms. The summed E-state index contributed by atoms with van der Waals surface area (Å²) >= 11 is 0. The van der Waals surface area contributed by atoms with Gasteiger partial charge in [0.15, 0.2) is 0 Å². The van der Waals surface area contributed by atoms with Crippen molar-refractivity contribution in [3.8, 4) is 0 Å². The monoisotopic (exact) mass is 164 g/mol. The van der Waals surface area contributed by atoms with E-state index in [1.807, 2.05) is 25.2 Å². The molecular formula is C12H20. The first-order valence-electron chi connectivity index (χ1n) is 4.33. The van der Waals surface area contributed by atoms with Gasteiger partial charge in [0, 0.05) is 0 Å². The van der Waals surface area contributed by atoms with Crippen molar-refractivity contribution in [3.05, 3.63) is 49.6 Å². The fourth-order valence-electron chi connectivity index (χ4n) is 0.465. The van der Waals surface area contributed by atoms with Crippen LogP contribution >= 0.6 is 0 Å². The summed E-state index contributed by atoms with van der Waals surface area (Å²) in [5.41, 5.74) is 0. The van der Waals surface area contributed by atoms with Crippen LogP contribution in [0.1, 0.15) is 26.7 Å². The van der Waals surface area contributed by atoms with Gasteiger partial charge in [-0.25, -0.2) is 0 Å². The molecule has 0 amide bonds. The highest BCUT2D eigenvalue weighted by Crippen LogP contribution is 1.79. The maximum atomic E-state index is 3.55. The molecular weight excluding hydrogens is 144 g/mol. The van der Waals surface area contributed by atoms with Crippen molar-refractivity contribution in [3.63, 3.8) is 0 Å². The number of allylic oxidation sites excluding steroid dienone is 6. The second kappa shape index (κ2) is 16.5. The highest BCUT2D eigenvalue weighted by molar-refractivity contribution is 4.96. The van der Waals surface area contributed by atoms with Gasteiger partial charge in [0.25, 0.3) is 0 Å². The lowest BCUT2D eigenvalue weighted by Crippen LogP contribution is -1.48. The first-order valence-corrected chi connectivity index (χ1v) is 4.33. The molecule has 0 aliphatic rings. The van der Waals surface area contributed by atoms with Crippen molar-refractivity contribution in [2.24, 2.45) is 0 Å². The zero-order chi connectivity index (χ0) is 9.66. The Morgan fingerprint density at radius 2 is 1.83 bits per heavy atom. The van der Waals surface area contributed by atoms with Gasteiger partial charge >= 0.3 is 0 Å². The second-order valence-corrected chi connectivity index (χ2v) is 2.17. The van der Waals surface area contributed by atoms with Crippen molar-refractivity contribution in [2.45, 2.75) is 26.7 Å². The van der Waals surface area contributed by atoms with Crippen molar-refractivity contribution in [1.82, 2.24) is 0 Å². The molecule has 0 N–H and O–H groups in total. The van der Waals surface area contributed by atoms with E-state index in [0.717, 1.165) is 12.8 Å². The summed E-state index contributed by atoms with van der Waals surface area (Å²) in [5.74, 6) is 0. The Labute approximate surface area is 77.0 Å².